The molecule has 1 aromatic carbocycles. The molecule has 0 radical (unpaired) electrons. The number of nitrogens with one attached hydrogen (secondary N) is 1. The van der Waals surface area contributed by atoms with Crippen LogP contribution in [-0.2, 0) is 4.74 Å². The molecule has 0 spiro atoms. The fourth-order valence-electron chi connectivity index (χ4n) is 2.58. The van der Waals surface area contributed by atoms with Gasteiger partial charge in [0.2, 0.25) is 0 Å². The molecular formula is C14H18BrClFNO. The SMILES string of the molecule is CCNC(c1ccc(Br)c(Cl)c1F)C1CCOCC1. The van der Waals surface area contributed by atoms with Gasteiger partial charge in [0.25, 0.3) is 0 Å². The highest BCUT2D eigenvalue weighted by Crippen LogP contribution is 2.36. The van der Waals surface area contributed by atoms with E-state index in [1.807, 2.05) is 19.1 Å². The van der Waals surface area contributed by atoms with Crippen LogP contribution in [0.5, 0.6) is 0 Å². The fraction of sp³-hybridized carbons (Fsp3) is 0.571. The van der Waals surface area contributed by atoms with Gasteiger partial charge < -0.3 is 10.1 Å². The Morgan fingerprint density at radius 1 is 1.47 bits per heavy atom. The van der Waals surface area contributed by atoms with Crippen molar-refractivity contribution in [3.05, 3.63) is 33.0 Å². The molecule has 1 saturated heterocycles. The molecule has 0 aliphatic carbocycles. The highest BCUT2D eigenvalue weighted by Gasteiger charge is 2.28. The van der Waals surface area contributed by atoms with Crippen molar-refractivity contribution in [1.29, 1.82) is 0 Å². The van der Waals surface area contributed by atoms with E-state index in [2.05, 4.69) is 21.2 Å². The van der Waals surface area contributed by atoms with Crippen LogP contribution >= 0.6 is 27.5 Å². The van der Waals surface area contributed by atoms with Crippen molar-refractivity contribution in [2.75, 3.05) is 19.8 Å². The molecule has 1 fully saturated rings. The summed E-state index contributed by atoms with van der Waals surface area (Å²) in [5, 5.41) is 3.55. The molecule has 1 atom stereocenters. The Kier molecular flexibility index (Phi) is 5.63. The largest absolute Gasteiger partial charge is 0.381 e. The minimum absolute atomic E-state index is 0.000463. The van der Waals surface area contributed by atoms with Gasteiger partial charge in [0.05, 0.1) is 5.02 Å². The van der Waals surface area contributed by atoms with Gasteiger partial charge in [-0.3, -0.25) is 0 Å². The third-order valence-corrected chi connectivity index (χ3v) is 4.82. The van der Waals surface area contributed by atoms with E-state index in [4.69, 9.17) is 16.3 Å². The highest BCUT2D eigenvalue weighted by molar-refractivity contribution is 9.10. The first-order chi connectivity index (χ1) is 9.15. The second kappa shape index (κ2) is 7.02. The van der Waals surface area contributed by atoms with Crippen LogP contribution < -0.4 is 5.32 Å². The predicted octanol–water partition coefficient (Wildman–Crippen LogP) is 4.32. The van der Waals surface area contributed by atoms with Gasteiger partial charge in [-0.15, -0.1) is 0 Å². The summed E-state index contributed by atoms with van der Waals surface area (Å²) in [6.45, 7) is 4.33. The van der Waals surface area contributed by atoms with Gasteiger partial charge in [0, 0.05) is 29.3 Å². The molecule has 1 aliphatic rings. The zero-order valence-electron chi connectivity index (χ0n) is 10.9. The van der Waals surface area contributed by atoms with Gasteiger partial charge in [0.1, 0.15) is 5.82 Å². The van der Waals surface area contributed by atoms with Crippen LogP contribution in [0.25, 0.3) is 0 Å². The van der Waals surface area contributed by atoms with E-state index in [9.17, 15) is 4.39 Å². The lowest BCUT2D eigenvalue weighted by Crippen LogP contribution is -2.32. The summed E-state index contributed by atoms with van der Waals surface area (Å²) < 4.78 is 20.3. The van der Waals surface area contributed by atoms with Gasteiger partial charge in [-0.25, -0.2) is 4.39 Å². The lowest BCUT2D eigenvalue weighted by molar-refractivity contribution is 0.0533. The number of benzene rings is 1. The lowest BCUT2D eigenvalue weighted by atomic mass is 9.87. The van der Waals surface area contributed by atoms with E-state index >= 15 is 0 Å². The van der Waals surface area contributed by atoms with Crippen LogP contribution in [0.1, 0.15) is 31.4 Å². The molecule has 5 heteroatoms. The first-order valence-corrected chi connectivity index (χ1v) is 7.76. The molecule has 1 aliphatic heterocycles. The van der Waals surface area contributed by atoms with Gasteiger partial charge in [-0.05, 0) is 47.3 Å². The minimum Gasteiger partial charge on any atom is -0.381 e. The Bertz CT molecular complexity index is 438. The Balaban J connectivity index is 2.30. The second-order valence-corrected chi connectivity index (χ2v) is 5.98. The summed E-state index contributed by atoms with van der Waals surface area (Å²) in [4.78, 5) is 0. The van der Waals surface area contributed by atoms with E-state index in [1.54, 1.807) is 0 Å². The van der Waals surface area contributed by atoms with Crippen molar-refractivity contribution in [2.45, 2.75) is 25.8 Å². The minimum atomic E-state index is -0.325. The number of hydrogen-bond donors (Lipinski definition) is 1. The van der Waals surface area contributed by atoms with E-state index in [1.165, 1.54) is 0 Å². The zero-order chi connectivity index (χ0) is 13.8. The molecule has 0 saturated carbocycles. The third-order valence-electron chi connectivity index (χ3n) is 3.56. The maximum absolute atomic E-state index is 14.4. The zero-order valence-corrected chi connectivity index (χ0v) is 13.2. The fourth-order valence-corrected chi connectivity index (χ4v) is 3.06. The van der Waals surface area contributed by atoms with Gasteiger partial charge >= 0.3 is 0 Å². The average Bonchev–Trinajstić information content (AvgIpc) is 2.44. The standard InChI is InChI=1S/C14H18BrClFNO/c1-2-18-14(9-5-7-19-8-6-9)10-3-4-11(15)12(16)13(10)17/h3-4,9,14,18H,2,5-8H2,1H3. The molecule has 106 valence electrons. The normalized spacial score (nSPS) is 18.5. The topological polar surface area (TPSA) is 21.3 Å². The maximum Gasteiger partial charge on any atom is 0.147 e. The molecule has 1 unspecified atom stereocenters. The molecule has 1 aromatic rings. The summed E-state index contributed by atoms with van der Waals surface area (Å²) in [5.74, 6) is 0.0638. The van der Waals surface area contributed by atoms with Crippen molar-refractivity contribution in [2.24, 2.45) is 5.92 Å². The summed E-state index contributed by atoms with van der Waals surface area (Å²) >= 11 is 9.24. The first-order valence-electron chi connectivity index (χ1n) is 6.59. The average molecular weight is 351 g/mol. The second-order valence-electron chi connectivity index (χ2n) is 4.75. The molecular weight excluding hydrogens is 333 g/mol. The molecule has 2 nitrogen and oxygen atoms in total. The van der Waals surface area contributed by atoms with Crippen LogP contribution in [0.3, 0.4) is 0 Å². The van der Waals surface area contributed by atoms with Gasteiger partial charge in [-0.1, -0.05) is 24.6 Å². The van der Waals surface area contributed by atoms with Crippen LogP contribution in [-0.4, -0.2) is 19.8 Å². The Morgan fingerprint density at radius 3 is 2.79 bits per heavy atom. The van der Waals surface area contributed by atoms with Crippen LogP contribution in [0.15, 0.2) is 16.6 Å². The van der Waals surface area contributed by atoms with Crippen molar-refractivity contribution in [3.8, 4) is 0 Å². The molecule has 2 rings (SSSR count). The first kappa shape index (κ1) is 15.2. The quantitative estimate of drug-likeness (QED) is 0.817. The van der Waals surface area contributed by atoms with Crippen molar-refractivity contribution >= 4 is 27.5 Å². The summed E-state index contributed by atoms with van der Waals surface area (Å²) in [6.07, 6.45) is 1.90. The summed E-state index contributed by atoms with van der Waals surface area (Å²) in [5.41, 5.74) is 0.655. The number of halogens is 3. The van der Waals surface area contributed by atoms with Crippen LogP contribution in [0.2, 0.25) is 5.02 Å². The molecule has 0 aromatic heterocycles. The molecule has 1 N–H and O–H groups in total. The lowest BCUT2D eigenvalue weighted by Gasteiger charge is -2.31. The van der Waals surface area contributed by atoms with E-state index in [0.29, 0.717) is 16.0 Å². The number of rotatable bonds is 4. The molecule has 0 amide bonds. The summed E-state index contributed by atoms with van der Waals surface area (Å²) in [7, 11) is 0. The smallest absolute Gasteiger partial charge is 0.147 e. The third kappa shape index (κ3) is 3.48. The van der Waals surface area contributed by atoms with Gasteiger partial charge in [-0.2, -0.15) is 0 Å². The Labute approximate surface area is 126 Å². The molecule has 1 heterocycles. The van der Waals surface area contributed by atoms with Crippen molar-refractivity contribution in [1.82, 2.24) is 5.32 Å². The number of hydrogen-bond acceptors (Lipinski definition) is 2. The Morgan fingerprint density at radius 2 is 2.16 bits per heavy atom. The van der Waals surface area contributed by atoms with Crippen molar-refractivity contribution in [3.63, 3.8) is 0 Å². The molecule has 0 bridgehead atoms. The maximum atomic E-state index is 14.4. The Hall–Kier alpha value is -0.160. The predicted molar refractivity (Wildman–Crippen MR) is 79.1 cm³/mol. The number of ether oxygens (including phenoxy) is 1. The van der Waals surface area contributed by atoms with Crippen LogP contribution in [0.4, 0.5) is 4.39 Å². The molecule has 19 heavy (non-hydrogen) atoms. The van der Waals surface area contributed by atoms with E-state index in [-0.39, 0.29) is 16.9 Å². The van der Waals surface area contributed by atoms with Gasteiger partial charge in [0.15, 0.2) is 0 Å². The van der Waals surface area contributed by atoms with E-state index < -0.39 is 0 Å². The van der Waals surface area contributed by atoms with E-state index in [0.717, 1.165) is 32.6 Å². The van der Waals surface area contributed by atoms with Crippen LogP contribution in [0, 0.1) is 11.7 Å². The monoisotopic (exact) mass is 349 g/mol. The van der Waals surface area contributed by atoms with Crippen molar-refractivity contribution < 1.29 is 9.13 Å². The summed E-state index contributed by atoms with van der Waals surface area (Å²) in [6, 6.07) is 3.62. The highest BCUT2D eigenvalue weighted by atomic mass is 79.9.